The summed E-state index contributed by atoms with van der Waals surface area (Å²) in [6.07, 6.45) is -2.26. The maximum atomic E-state index is 12.4. The second kappa shape index (κ2) is 2.73. The van der Waals surface area contributed by atoms with E-state index in [2.05, 4.69) is 5.32 Å². The smallest absolute Gasteiger partial charge is 0.247 e. The van der Waals surface area contributed by atoms with E-state index < -0.39 is 12.3 Å². The first-order valence-electron chi connectivity index (χ1n) is 3.90. The molecule has 0 bridgehead atoms. The number of benzene rings is 1. The zero-order valence-electron chi connectivity index (χ0n) is 6.43. The number of halogens is 2. The van der Waals surface area contributed by atoms with E-state index in [4.69, 9.17) is 0 Å². The van der Waals surface area contributed by atoms with Gasteiger partial charge >= 0.3 is 0 Å². The van der Waals surface area contributed by atoms with Crippen LogP contribution in [0, 0.1) is 0 Å². The van der Waals surface area contributed by atoms with Crippen molar-refractivity contribution in [3.05, 3.63) is 29.8 Å². The highest BCUT2D eigenvalue weighted by molar-refractivity contribution is 5.57. The number of hydrogen-bond donors (Lipinski definition) is 1. The molecule has 64 valence electrons. The van der Waals surface area contributed by atoms with Crippen molar-refractivity contribution in [2.24, 2.45) is 0 Å². The van der Waals surface area contributed by atoms with E-state index in [0.717, 1.165) is 11.3 Å². The van der Waals surface area contributed by atoms with Crippen LogP contribution < -0.4 is 5.32 Å². The van der Waals surface area contributed by atoms with Gasteiger partial charge in [-0.2, -0.15) is 0 Å². The van der Waals surface area contributed by atoms with Crippen LogP contribution in [0.15, 0.2) is 24.3 Å². The monoisotopic (exact) mass is 169 g/mol. The van der Waals surface area contributed by atoms with E-state index in [1.165, 1.54) is 0 Å². The molecule has 0 aromatic heterocycles. The number of alkyl halides is 2. The molecule has 0 amide bonds. The molecule has 2 rings (SSSR count). The molecule has 1 aliphatic heterocycles. The Bertz CT molecular complexity index is 286. The zero-order chi connectivity index (χ0) is 8.55. The summed E-state index contributed by atoms with van der Waals surface area (Å²) in [5.41, 5.74) is 1.59. The van der Waals surface area contributed by atoms with E-state index in [9.17, 15) is 8.78 Å². The summed E-state index contributed by atoms with van der Waals surface area (Å²) in [7, 11) is 0. The Hall–Kier alpha value is -1.12. The number of fused-ring (bicyclic) bond motifs is 1. The van der Waals surface area contributed by atoms with Crippen LogP contribution in [0.25, 0.3) is 0 Å². The quantitative estimate of drug-likeness (QED) is 0.680. The van der Waals surface area contributed by atoms with Crippen molar-refractivity contribution in [1.82, 2.24) is 0 Å². The second-order valence-corrected chi connectivity index (χ2v) is 2.91. The molecule has 0 saturated carbocycles. The van der Waals surface area contributed by atoms with Gasteiger partial charge in [-0.05, 0) is 11.6 Å². The standard InChI is InChI=1S/C9H9F2N/c10-9(11)7-5-12-8-4-2-1-3-6(7)8/h1-4,7,9,12H,5H2/t7-/m0/s1. The van der Waals surface area contributed by atoms with E-state index in [-0.39, 0.29) is 0 Å². The molecular formula is C9H9F2N. The Kier molecular flexibility index (Phi) is 1.71. The molecule has 0 aliphatic carbocycles. The first kappa shape index (κ1) is 7.53. The van der Waals surface area contributed by atoms with Crippen molar-refractivity contribution in [2.45, 2.75) is 12.3 Å². The third-order valence-corrected chi connectivity index (χ3v) is 2.18. The number of rotatable bonds is 1. The van der Waals surface area contributed by atoms with Crippen molar-refractivity contribution in [3.8, 4) is 0 Å². The van der Waals surface area contributed by atoms with Gasteiger partial charge in [0, 0.05) is 12.2 Å². The molecule has 1 N–H and O–H groups in total. The van der Waals surface area contributed by atoms with Crippen LogP contribution in [0.1, 0.15) is 11.5 Å². The largest absolute Gasteiger partial charge is 0.384 e. The van der Waals surface area contributed by atoms with Crippen LogP contribution in [0.5, 0.6) is 0 Å². The maximum Gasteiger partial charge on any atom is 0.247 e. The molecule has 1 nitrogen and oxygen atoms in total. The third-order valence-electron chi connectivity index (χ3n) is 2.18. The van der Waals surface area contributed by atoms with Crippen molar-refractivity contribution in [1.29, 1.82) is 0 Å². The summed E-state index contributed by atoms with van der Waals surface area (Å²) in [4.78, 5) is 0. The summed E-state index contributed by atoms with van der Waals surface area (Å²) in [6, 6.07) is 7.23. The molecule has 0 radical (unpaired) electrons. The zero-order valence-corrected chi connectivity index (χ0v) is 6.43. The van der Waals surface area contributed by atoms with E-state index in [0.29, 0.717) is 6.54 Å². The lowest BCUT2D eigenvalue weighted by molar-refractivity contribution is 0.121. The number of para-hydroxylation sites is 1. The van der Waals surface area contributed by atoms with Crippen LogP contribution >= 0.6 is 0 Å². The minimum absolute atomic E-state index is 0.358. The Morgan fingerprint density at radius 1 is 1.33 bits per heavy atom. The van der Waals surface area contributed by atoms with Crippen LogP contribution in [0.2, 0.25) is 0 Å². The molecule has 1 atom stereocenters. The average molecular weight is 169 g/mol. The van der Waals surface area contributed by atoms with Crippen molar-refractivity contribution in [3.63, 3.8) is 0 Å². The van der Waals surface area contributed by atoms with Gasteiger partial charge in [0.15, 0.2) is 0 Å². The van der Waals surface area contributed by atoms with Gasteiger partial charge in [0.25, 0.3) is 0 Å². The highest BCUT2D eigenvalue weighted by Gasteiger charge is 2.28. The van der Waals surface area contributed by atoms with Gasteiger partial charge < -0.3 is 5.32 Å². The summed E-state index contributed by atoms with van der Waals surface area (Å²) >= 11 is 0. The van der Waals surface area contributed by atoms with Gasteiger partial charge in [0.05, 0.1) is 5.92 Å². The molecule has 1 aliphatic rings. The molecule has 1 aromatic rings. The fourth-order valence-electron chi connectivity index (χ4n) is 1.54. The summed E-state index contributed by atoms with van der Waals surface area (Å²) in [6.45, 7) is 0.358. The number of nitrogens with one attached hydrogen (secondary N) is 1. The Balaban J connectivity index is 2.36. The van der Waals surface area contributed by atoms with E-state index in [1.807, 2.05) is 12.1 Å². The summed E-state index contributed by atoms with van der Waals surface area (Å²) < 4.78 is 24.8. The topological polar surface area (TPSA) is 12.0 Å². The Morgan fingerprint density at radius 2 is 2.08 bits per heavy atom. The SMILES string of the molecule is FC(F)[C@H]1CNc2ccccc21. The fourth-order valence-corrected chi connectivity index (χ4v) is 1.54. The third kappa shape index (κ3) is 1.05. The van der Waals surface area contributed by atoms with Crippen molar-refractivity contribution >= 4 is 5.69 Å². The lowest BCUT2D eigenvalue weighted by Gasteiger charge is -2.06. The predicted molar refractivity (Wildman–Crippen MR) is 43.7 cm³/mol. The van der Waals surface area contributed by atoms with Crippen LogP contribution in [-0.4, -0.2) is 13.0 Å². The minimum atomic E-state index is -2.26. The lowest BCUT2D eigenvalue weighted by atomic mass is 10.0. The maximum absolute atomic E-state index is 12.4. The van der Waals surface area contributed by atoms with Gasteiger partial charge in [0.2, 0.25) is 6.43 Å². The predicted octanol–water partition coefficient (Wildman–Crippen LogP) is 2.46. The average Bonchev–Trinajstić information content (AvgIpc) is 2.47. The molecule has 0 spiro atoms. The van der Waals surface area contributed by atoms with E-state index >= 15 is 0 Å². The Morgan fingerprint density at radius 3 is 2.83 bits per heavy atom. The molecular weight excluding hydrogens is 160 g/mol. The number of anilines is 1. The molecule has 1 heterocycles. The molecule has 12 heavy (non-hydrogen) atoms. The normalized spacial score (nSPS) is 20.8. The highest BCUT2D eigenvalue weighted by Crippen LogP contribution is 2.34. The molecule has 3 heteroatoms. The first-order chi connectivity index (χ1) is 5.79. The molecule has 0 saturated heterocycles. The van der Waals surface area contributed by atoms with Crippen LogP contribution in [0.4, 0.5) is 14.5 Å². The first-order valence-corrected chi connectivity index (χ1v) is 3.90. The van der Waals surface area contributed by atoms with Gasteiger partial charge in [-0.15, -0.1) is 0 Å². The Labute approximate surface area is 69.4 Å². The molecule has 0 unspecified atom stereocenters. The summed E-state index contributed by atoms with van der Waals surface area (Å²) in [5.74, 6) is -0.624. The molecule has 0 fully saturated rings. The van der Waals surface area contributed by atoms with Gasteiger partial charge in [0.1, 0.15) is 0 Å². The van der Waals surface area contributed by atoms with Gasteiger partial charge in [-0.1, -0.05) is 18.2 Å². The molecule has 1 aromatic carbocycles. The summed E-state index contributed by atoms with van der Waals surface area (Å²) in [5, 5.41) is 2.95. The van der Waals surface area contributed by atoms with Gasteiger partial charge in [-0.3, -0.25) is 0 Å². The van der Waals surface area contributed by atoms with Crippen molar-refractivity contribution in [2.75, 3.05) is 11.9 Å². The lowest BCUT2D eigenvalue weighted by Crippen LogP contribution is -2.10. The van der Waals surface area contributed by atoms with Crippen LogP contribution in [0.3, 0.4) is 0 Å². The van der Waals surface area contributed by atoms with E-state index in [1.54, 1.807) is 12.1 Å². The van der Waals surface area contributed by atoms with Crippen molar-refractivity contribution < 1.29 is 8.78 Å². The van der Waals surface area contributed by atoms with Crippen LogP contribution in [-0.2, 0) is 0 Å². The second-order valence-electron chi connectivity index (χ2n) is 2.91. The van der Waals surface area contributed by atoms with Gasteiger partial charge in [-0.25, -0.2) is 8.78 Å². The number of hydrogen-bond acceptors (Lipinski definition) is 1. The highest BCUT2D eigenvalue weighted by atomic mass is 19.3. The fraction of sp³-hybridized carbons (Fsp3) is 0.333. The minimum Gasteiger partial charge on any atom is -0.384 e.